The first-order valence-electron chi connectivity index (χ1n) is 10.2. The molecule has 4 aromatic carbocycles. The summed E-state index contributed by atoms with van der Waals surface area (Å²) in [6.45, 7) is 14.2. The second-order valence-corrected chi connectivity index (χ2v) is 5.32. The van der Waals surface area contributed by atoms with E-state index in [0.29, 0.717) is 0 Å². The van der Waals surface area contributed by atoms with Gasteiger partial charge in [0, 0.05) is 0 Å². The molecule has 0 aliphatic rings. The van der Waals surface area contributed by atoms with Gasteiger partial charge in [-0.2, -0.15) is 0 Å². The van der Waals surface area contributed by atoms with Crippen molar-refractivity contribution in [1.29, 1.82) is 0 Å². The molecule has 0 N–H and O–H groups in total. The van der Waals surface area contributed by atoms with Crippen molar-refractivity contribution in [3.05, 3.63) is 72.3 Å². The van der Waals surface area contributed by atoms with Crippen LogP contribution in [0.25, 0.3) is 32.3 Å². The Balaban J connectivity index is 0.000000515. The molecule has 0 aromatic heterocycles. The third kappa shape index (κ3) is 4.25. The van der Waals surface area contributed by atoms with E-state index in [4.69, 9.17) is 0 Å². The van der Waals surface area contributed by atoms with E-state index in [9.17, 15) is 0 Å². The van der Waals surface area contributed by atoms with Crippen molar-refractivity contribution in [2.24, 2.45) is 0 Å². The Morgan fingerprint density at radius 1 is 0.462 bits per heavy atom. The first-order valence-corrected chi connectivity index (χ1v) is 10.2. The van der Waals surface area contributed by atoms with E-state index in [0.717, 1.165) is 6.42 Å². The van der Waals surface area contributed by atoms with Crippen molar-refractivity contribution < 1.29 is 0 Å². The van der Waals surface area contributed by atoms with Crippen molar-refractivity contribution in [1.82, 2.24) is 0 Å². The van der Waals surface area contributed by atoms with E-state index in [-0.39, 0.29) is 0 Å². The van der Waals surface area contributed by atoms with Gasteiger partial charge in [-0.05, 0) is 44.3 Å². The third-order valence-electron chi connectivity index (χ3n) is 4.22. The molecule has 138 valence electrons. The Kier molecular flexibility index (Phi) is 9.44. The van der Waals surface area contributed by atoms with Gasteiger partial charge in [0.1, 0.15) is 0 Å². The summed E-state index contributed by atoms with van der Waals surface area (Å²) in [6, 6.07) is 24.3. The molecule has 0 aliphatic heterocycles. The SMILES string of the molecule is CC.CC.CC.CCc1ccc2c3ccccc3c3ccccc3c2c1. The van der Waals surface area contributed by atoms with Gasteiger partial charge >= 0.3 is 0 Å². The monoisotopic (exact) mass is 346 g/mol. The van der Waals surface area contributed by atoms with E-state index < -0.39 is 0 Å². The molecule has 26 heavy (non-hydrogen) atoms. The van der Waals surface area contributed by atoms with Gasteiger partial charge in [0.05, 0.1) is 0 Å². The smallest absolute Gasteiger partial charge is 0.00962 e. The zero-order valence-corrected chi connectivity index (χ0v) is 17.6. The van der Waals surface area contributed by atoms with Crippen molar-refractivity contribution >= 4 is 32.3 Å². The van der Waals surface area contributed by atoms with Crippen LogP contribution < -0.4 is 0 Å². The zero-order valence-electron chi connectivity index (χ0n) is 17.6. The molecule has 0 radical (unpaired) electrons. The van der Waals surface area contributed by atoms with Crippen LogP contribution in [0.3, 0.4) is 0 Å². The van der Waals surface area contributed by atoms with Gasteiger partial charge in [-0.1, -0.05) is 115 Å². The van der Waals surface area contributed by atoms with Crippen LogP contribution in [0.4, 0.5) is 0 Å². The van der Waals surface area contributed by atoms with Gasteiger partial charge < -0.3 is 0 Å². The van der Waals surface area contributed by atoms with E-state index in [1.165, 1.54) is 37.9 Å². The number of hydrogen-bond donors (Lipinski definition) is 0. The standard InChI is InChI=1S/C20H16.3C2H6/c1-2-14-11-12-19-17-9-4-3-7-15(17)16-8-5-6-10-18(16)20(19)13-14;3*1-2/h3-13H,2H2,1H3;3*1-2H3. The molecule has 0 saturated heterocycles. The first kappa shape index (κ1) is 21.7. The molecular weight excluding hydrogens is 312 g/mol. The second-order valence-electron chi connectivity index (χ2n) is 5.32. The Labute approximate surface area is 159 Å². The van der Waals surface area contributed by atoms with Crippen LogP contribution >= 0.6 is 0 Å². The van der Waals surface area contributed by atoms with E-state index in [1.807, 2.05) is 41.5 Å². The summed E-state index contributed by atoms with van der Waals surface area (Å²) in [7, 11) is 0. The van der Waals surface area contributed by atoms with Gasteiger partial charge in [-0.3, -0.25) is 0 Å². The van der Waals surface area contributed by atoms with Crippen LogP contribution in [-0.2, 0) is 6.42 Å². The molecule has 0 saturated carbocycles. The Bertz CT molecular complexity index is 897. The van der Waals surface area contributed by atoms with Crippen LogP contribution in [0.5, 0.6) is 0 Å². The fraction of sp³-hybridized carbons (Fsp3) is 0.308. The lowest BCUT2D eigenvalue weighted by atomic mass is 9.93. The van der Waals surface area contributed by atoms with Gasteiger partial charge in [-0.25, -0.2) is 0 Å². The molecule has 0 heteroatoms. The summed E-state index contributed by atoms with van der Waals surface area (Å²) in [6.07, 6.45) is 1.08. The van der Waals surface area contributed by atoms with Crippen LogP contribution in [0.15, 0.2) is 66.7 Å². The fourth-order valence-corrected chi connectivity index (χ4v) is 3.17. The quantitative estimate of drug-likeness (QED) is 0.302. The Morgan fingerprint density at radius 2 is 0.808 bits per heavy atom. The lowest BCUT2D eigenvalue weighted by Gasteiger charge is -2.11. The topological polar surface area (TPSA) is 0 Å². The summed E-state index contributed by atoms with van der Waals surface area (Å²) >= 11 is 0. The predicted molar refractivity (Wildman–Crippen MR) is 122 cm³/mol. The van der Waals surface area contributed by atoms with Gasteiger partial charge in [0.15, 0.2) is 0 Å². The summed E-state index contributed by atoms with van der Waals surface area (Å²) < 4.78 is 0. The minimum Gasteiger partial charge on any atom is -0.0683 e. The van der Waals surface area contributed by atoms with Gasteiger partial charge in [0.25, 0.3) is 0 Å². The highest BCUT2D eigenvalue weighted by Gasteiger charge is 2.07. The molecule has 0 amide bonds. The fourth-order valence-electron chi connectivity index (χ4n) is 3.17. The summed E-state index contributed by atoms with van der Waals surface area (Å²) in [5, 5.41) is 8.14. The molecule has 4 aromatic rings. The number of aryl methyl sites for hydroxylation is 1. The summed E-state index contributed by atoms with van der Waals surface area (Å²) in [4.78, 5) is 0. The van der Waals surface area contributed by atoms with Crippen molar-refractivity contribution in [2.75, 3.05) is 0 Å². The van der Waals surface area contributed by atoms with Gasteiger partial charge in [0.2, 0.25) is 0 Å². The lowest BCUT2D eigenvalue weighted by molar-refractivity contribution is 1.15. The molecule has 0 heterocycles. The molecular formula is C26H34. The highest BCUT2D eigenvalue weighted by atomic mass is 14.1. The van der Waals surface area contributed by atoms with Crippen molar-refractivity contribution in [2.45, 2.75) is 54.9 Å². The van der Waals surface area contributed by atoms with Gasteiger partial charge in [-0.15, -0.1) is 0 Å². The van der Waals surface area contributed by atoms with E-state index >= 15 is 0 Å². The average Bonchev–Trinajstić information content (AvgIpc) is 2.78. The molecule has 0 spiro atoms. The summed E-state index contributed by atoms with van der Waals surface area (Å²) in [5.74, 6) is 0. The molecule has 0 aliphatic carbocycles. The zero-order chi connectivity index (χ0) is 19.5. The predicted octanol–water partition coefficient (Wildman–Crippen LogP) is 8.79. The normalized spacial score (nSPS) is 9.50. The molecule has 0 bridgehead atoms. The first-order chi connectivity index (χ1) is 12.9. The maximum Gasteiger partial charge on any atom is -0.00962 e. The molecule has 0 atom stereocenters. The number of rotatable bonds is 1. The number of hydrogen-bond acceptors (Lipinski definition) is 0. The Hall–Kier alpha value is -2.34. The maximum atomic E-state index is 2.35. The van der Waals surface area contributed by atoms with Crippen LogP contribution in [0.1, 0.15) is 54.0 Å². The largest absolute Gasteiger partial charge is 0.0683 e. The Morgan fingerprint density at radius 3 is 1.19 bits per heavy atom. The second kappa shape index (κ2) is 11.3. The van der Waals surface area contributed by atoms with Crippen molar-refractivity contribution in [3.63, 3.8) is 0 Å². The molecule has 0 fully saturated rings. The van der Waals surface area contributed by atoms with Crippen LogP contribution in [0, 0.1) is 0 Å². The van der Waals surface area contributed by atoms with Crippen molar-refractivity contribution in [3.8, 4) is 0 Å². The molecule has 0 unspecified atom stereocenters. The van der Waals surface area contributed by atoms with Crippen LogP contribution in [0.2, 0.25) is 0 Å². The molecule has 4 rings (SSSR count). The third-order valence-corrected chi connectivity index (χ3v) is 4.22. The molecule has 0 nitrogen and oxygen atoms in total. The average molecular weight is 347 g/mol. The van der Waals surface area contributed by atoms with E-state index in [2.05, 4.69) is 73.7 Å². The minimum atomic E-state index is 1.08. The highest BCUT2D eigenvalue weighted by Crippen LogP contribution is 2.35. The number of fused-ring (bicyclic) bond motifs is 6. The minimum absolute atomic E-state index is 1.08. The van der Waals surface area contributed by atoms with E-state index in [1.54, 1.807) is 0 Å². The highest BCUT2D eigenvalue weighted by molar-refractivity contribution is 6.25. The number of benzene rings is 4. The summed E-state index contributed by atoms with van der Waals surface area (Å²) in [5.41, 5.74) is 1.40. The maximum absolute atomic E-state index is 2.35. The lowest BCUT2D eigenvalue weighted by Crippen LogP contribution is -1.85. The van der Waals surface area contributed by atoms with Crippen LogP contribution in [-0.4, -0.2) is 0 Å².